The van der Waals surface area contributed by atoms with E-state index < -0.39 is 17.9 Å². The summed E-state index contributed by atoms with van der Waals surface area (Å²) >= 11 is 0. The highest BCUT2D eigenvalue weighted by atomic mass is 16.4. The van der Waals surface area contributed by atoms with Crippen molar-refractivity contribution in [2.75, 3.05) is 6.61 Å². The molecule has 0 rings (SSSR count). The molecule has 0 saturated heterocycles. The molecule has 0 aromatic carbocycles. The Bertz CT molecular complexity index is 158. The van der Waals surface area contributed by atoms with Crippen molar-refractivity contribution in [3.8, 4) is 0 Å². The van der Waals surface area contributed by atoms with Gasteiger partial charge in [0.15, 0.2) is 0 Å². The molecule has 0 unspecified atom stereocenters. The molecular formula is C8H16O8. The molecule has 0 aromatic rings. The smallest absolute Gasteiger partial charge is 0.300 e. The number of aldehydes is 1. The monoisotopic (exact) mass is 240 g/mol. The zero-order valence-corrected chi connectivity index (χ0v) is 9.21. The van der Waals surface area contributed by atoms with Gasteiger partial charge in [0, 0.05) is 20.8 Å². The number of aliphatic hydroxyl groups is 1. The Kier molecular flexibility index (Phi) is 34.2. The normalized spacial score (nSPS) is 6.25. The van der Waals surface area contributed by atoms with Crippen LogP contribution in [-0.4, -0.2) is 51.2 Å². The first-order valence-corrected chi connectivity index (χ1v) is 3.74. The molecule has 0 fully saturated rings. The van der Waals surface area contributed by atoms with Crippen molar-refractivity contribution in [3.63, 3.8) is 0 Å². The van der Waals surface area contributed by atoms with Crippen molar-refractivity contribution in [3.05, 3.63) is 0 Å². The molecular weight excluding hydrogens is 224 g/mol. The molecule has 0 radical (unpaired) electrons. The first-order chi connectivity index (χ1) is 7.11. The minimum atomic E-state index is -0.833. The van der Waals surface area contributed by atoms with Gasteiger partial charge in [0.2, 0.25) is 0 Å². The lowest BCUT2D eigenvalue weighted by Gasteiger charge is -1.59. The molecule has 0 aromatic heterocycles. The summed E-state index contributed by atoms with van der Waals surface area (Å²) in [5.74, 6) is -2.50. The van der Waals surface area contributed by atoms with Crippen LogP contribution in [0.2, 0.25) is 0 Å². The second-order valence-electron chi connectivity index (χ2n) is 1.91. The Hall–Kier alpha value is -1.96. The lowest BCUT2D eigenvalue weighted by molar-refractivity contribution is -0.135. The maximum atomic E-state index is 9.00. The summed E-state index contributed by atoms with van der Waals surface area (Å²) in [5.41, 5.74) is 0. The van der Waals surface area contributed by atoms with E-state index in [9.17, 15) is 0 Å². The molecule has 0 amide bonds. The van der Waals surface area contributed by atoms with E-state index in [1.165, 1.54) is 0 Å². The topological polar surface area (TPSA) is 149 Å². The number of hydrogen-bond donors (Lipinski definition) is 4. The van der Waals surface area contributed by atoms with Gasteiger partial charge in [0.1, 0.15) is 6.29 Å². The van der Waals surface area contributed by atoms with E-state index in [1.54, 1.807) is 0 Å². The molecule has 8 heteroatoms. The van der Waals surface area contributed by atoms with Gasteiger partial charge in [-0.1, -0.05) is 0 Å². The predicted octanol–water partition coefficient (Wildman–Crippen LogP) is -0.550. The zero-order valence-electron chi connectivity index (χ0n) is 9.21. The Morgan fingerprint density at radius 3 is 0.938 bits per heavy atom. The van der Waals surface area contributed by atoms with E-state index in [4.69, 9.17) is 39.6 Å². The minimum absolute atomic E-state index is 0.361. The van der Waals surface area contributed by atoms with Crippen molar-refractivity contribution >= 4 is 24.2 Å². The highest BCUT2D eigenvalue weighted by molar-refractivity contribution is 5.63. The molecule has 0 heterocycles. The fourth-order valence-corrected chi connectivity index (χ4v) is 0. The van der Waals surface area contributed by atoms with Crippen LogP contribution in [0.4, 0.5) is 0 Å². The molecule has 8 nitrogen and oxygen atoms in total. The Labute approximate surface area is 92.1 Å². The molecule has 0 spiro atoms. The first kappa shape index (κ1) is 23.7. The van der Waals surface area contributed by atoms with Crippen molar-refractivity contribution in [2.45, 2.75) is 20.8 Å². The molecule has 0 saturated carbocycles. The van der Waals surface area contributed by atoms with Crippen LogP contribution in [0.3, 0.4) is 0 Å². The van der Waals surface area contributed by atoms with E-state index in [0.29, 0.717) is 6.29 Å². The van der Waals surface area contributed by atoms with Gasteiger partial charge in [-0.2, -0.15) is 0 Å². The third-order valence-corrected chi connectivity index (χ3v) is 0.0745. The third kappa shape index (κ3) is 1590. The number of aliphatic carboxylic acids is 3. The molecule has 0 aliphatic rings. The van der Waals surface area contributed by atoms with Crippen LogP contribution >= 0.6 is 0 Å². The molecule has 0 aliphatic heterocycles. The fraction of sp³-hybridized carbons (Fsp3) is 0.500. The van der Waals surface area contributed by atoms with E-state index >= 15 is 0 Å². The van der Waals surface area contributed by atoms with Crippen molar-refractivity contribution in [1.29, 1.82) is 0 Å². The van der Waals surface area contributed by atoms with Gasteiger partial charge in [-0.25, -0.2) is 0 Å². The van der Waals surface area contributed by atoms with Crippen LogP contribution in [0.5, 0.6) is 0 Å². The summed E-state index contributed by atoms with van der Waals surface area (Å²) in [7, 11) is 0. The molecule has 16 heavy (non-hydrogen) atoms. The maximum Gasteiger partial charge on any atom is 0.300 e. The highest BCUT2D eigenvalue weighted by Gasteiger charge is 1.66. The van der Waals surface area contributed by atoms with E-state index in [0.717, 1.165) is 20.8 Å². The number of aliphatic hydroxyl groups excluding tert-OH is 1. The zero-order chi connectivity index (χ0) is 14.1. The predicted molar refractivity (Wildman–Crippen MR) is 53.1 cm³/mol. The third-order valence-electron chi connectivity index (χ3n) is 0.0745. The number of rotatable bonds is 1. The summed E-state index contributed by atoms with van der Waals surface area (Å²) in [5, 5.41) is 29.8. The van der Waals surface area contributed by atoms with Gasteiger partial charge in [0.05, 0.1) is 6.61 Å². The number of carbonyl (C=O) groups excluding carboxylic acids is 1. The van der Waals surface area contributed by atoms with Gasteiger partial charge < -0.3 is 25.2 Å². The number of hydrogen-bond acceptors (Lipinski definition) is 5. The quantitative estimate of drug-likeness (QED) is 0.446. The Morgan fingerprint density at radius 2 is 0.938 bits per heavy atom. The lowest BCUT2D eigenvalue weighted by Crippen LogP contribution is -1.78. The average Bonchev–Trinajstić information content (AvgIpc) is 2.00. The maximum absolute atomic E-state index is 9.00. The summed E-state index contributed by atoms with van der Waals surface area (Å²) in [6, 6.07) is 0. The Balaban J connectivity index is -0.0000000600. The van der Waals surface area contributed by atoms with E-state index in [2.05, 4.69) is 0 Å². The Morgan fingerprint density at radius 1 is 0.875 bits per heavy atom. The second kappa shape index (κ2) is 23.1. The lowest BCUT2D eigenvalue weighted by atomic mass is 10.9. The number of carboxylic acids is 3. The average molecular weight is 240 g/mol. The second-order valence-corrected chi connectivity index (χ2v) is 1.91. The molecule has 4 N–H and O–H groups in total. The first-order valence-electron chi connectivity index (χ1n) is 3.74. The van der Waals surface area contributed by atoms with Crippen LogP contribution < -0.4 is 0 Å². The fourth-order valence-electron chi connectivity index (χ4n) is 0. The molecule has 0 atom stereocenters. The number of carboxylic acid groups (broad SMARTS) is 3. The van der Waals surface area contributed by atoms with Crippen molar-refractivity contribution in [2.24, 2.45) is 0 Å². The van der Waals surface area contributed by atoms with Crippen LogP contribution in [0, 0.1) is 0 Å². The van der Waals surface area contributed by atoms with Gasteiger partial charge in [-0.3, -0.25) is 14.4 Å². The van der Waals surface area contributed by atoms with Crippen LogP contribution in [-0.2, 0) is 19.2 Å². The number of carbonyl (C=O) groups is 4. The summed E-state index contributed by atoms with van der Waals surface area (Å²) < 4.78 is 0. The standard InChI is InChI=1S/4C2H4O2/c3*1-2(3)4;3-1-2-4/h3*1H3,(H,3,4);1,4H,2H2. The van der Waals surface area contributed by atoms with Gasteiger partial charge in [0.25, 0.3) is 17.9 Å². The van der Waals surface area contributed by atoms with E-state index in [-0.39, 0.29) is 6.61 Å². The van der Waals surface area contributed by atoms with Crippen molar-refractivity contribution < 1.29 is 39.6 Å². The molecule has 96 valence electrons. The summed E-state index contributed by atoms with van der Waals surface area (Å²) in [4.78, 5) is 35.9. The van der Waals surface area contributed by atoms with Crippen LogP contribution in [0.25, 0.3) is 0 Å². The minimum Gasteiger partial charge on any atom is -0.481 e. The van der Waals surface area contributed by atoms with Gasteiger partial charge >= 0.3 is 0 Å². The summed E-state index contributed by atoms with van der Waals surface area (Å²) in [6.45, 7) is 2.89. The van der Waals surface area contributed by atoms with Crippen LogP contribution in [0.1, 0.15) is 20.8 Å². The van der Waals surface area contributed by atoms with Gasteiger partial charge in [-0.15, -0.1) is 0 Å². The summed E-state index contributed by atoms with van der Waals surface area (Å²) in [6.07, 6.45) is 0.431. The molecule has 0 bridgehead atoms. The van der Waals surface area contributed by atoms with Crippen LogP contribution in [0.15, 0.2) is 0 Å². The van der Waals surface area contributed by atoms with Gasteiger partial charge in [-0.05, 0) is 0 Å². The SMILES string of the molecule is CC(=O)O.CC(=O)O.CC(=O)O.O=CCO. The van der Waals surface area contributed by atoms with E-state index in [1.807, 2.05) is 0 Å². The highest BCUT2D eigenvalue weighted by Crippen LogP contribution is 1.42. The molecule has 0 aliphatic carbocycles. The largest absolute Gasteiger partial charge is 0.481 e. The van der Waals surface area contributed by atoms with Crippen molar-refractivity contribution in [1.82, 2.24) is 0 Å².